The molecule has 0 aliphatic heterocycles. The monoisotopic (exact) mass is 293 g/mol. The number of amides is 2. The van der Waals surface area contributed by atoms with Crippen LogP contribution in [0.5, 0.6) is 0 Å². The molecule has 0 atom stereocenters. The van der Waals surface area contributed by atoms with Crippen LogP contribution in [-0.4, -0.2) is 24.4 Å². The van der Waals surface area contributed by atoms with Crippen LogP contribution < -0.4 is 16.0 Å². The number of hydrogen-bond donors (Lipinski definition) is 3. The van der Waals surface area contributed by atoms with E-state index in [0.29, 0.717) is 11.7 Å². The van der Waals surface area contributed by atoms with Gasteiger partial charge in [-0.3, -0.25) is 9.59 Å². The Morgan fingerprint density at radius 2 is 1.95 bits per heavy atom. The van der Waals surface area contributed by atoms with Crippen LogP contribution in [0.15, 0.2) is 18.2 Å². The van der Waals surface area contributed by atoms with Crippen LogP contribution in [0.1, 0.15) is 32.6 Å². The number of nitrogens with one attached hydrogen (secondary N) is 3. The van der Waals surface area contributed by atoms with Gasteiger partial charge in [-0.1, -0.05) is 12.8 Å². The lowest BCUT2D eigenvalue weighted by Crippen LogP contribution is -2.34. The van der Waals surface area contributed by atoms with Gasteiger partial charge in [0.1, 0.15) is 5.82 Å². The first-order chi connectivity index (χ1) is 10.0. The van der Waals surface area contributed by atoms with Crippen LogP contribution in [0.4, 0.5) is 15.8 Å². The molecule has 0 unspecified atom stereocenters. The molecule has 0 aromatic heterocycles. The summed E-state index contributed by atoms with van der Waals surface area (Å²) >= 11 is 0. The Morgan fingerprint density at radius 1 is 1.24 bits per heavy atom. The number of rotatable bonds is 5. The van der Waals surface area contributed by atoms with Crippen LogP contribution in [0, 0.1) is 5.82 Å². The Balaban J connectivity index is 1.89. The van der Waals surface area contributed by atoms with Gasteiger partial charge in [0.15, 0.2) is 0 Å². The summed E-state index contributed by atoms with van der Waals surface area (Å²) in [5.74, 6) is -1.07. The lowest BCUT2D eigenvalue weighted by Gasteiger charge is -2.12. The van der Waals surface area contributed by atoms with E-state index in [1.165, 1.54) is 38.0 Å². The first-order valence-electron chi connectivity index (χ1n) is 7.15. The fraction of sp³-hybridized carbons (Fsp3) is 0.467. The molecule has 2 amide bonds. The minimum Gasteiger partial charge on any atom is -0.325 e. The molecule has 0 spiro atoms. The van der Waals surface area contributed by atoms with Crippen molar-refractivity contribution in [3.05, 3.63) is 24.0 Å². The van der Waals surface area contributed by atoms with Crippen molar-refractivity contribution in [1.82, 2.24) is 5.32 Å². The molecule has 0 radical (unpaired) electrons. The summed E-state index contributed by atoms with van der Waals surface area (Å²) in [7, 11) is 0. The maximum atomic E-state index is 13.5. The molecule has 5 nitrogen and oxygen atoms in total. The minimum absolute atomic E-state index is 0.0593. The van der Waals surface area contributed by atoms with Gasteiger partial charge in [-0.05, 0) is 31.0 Å². The third-order valence-electron chi connectivity index (χ3n) is 3.47. The summed E-state index contributed by atoms with van der Waals surface area (Å²) in [4.78, 5) is 22.8. The van der Waals surface area contributed by atoms with E-state index in [9.17, 15) is 14.0 Å². The molecule has 6 heteroatoms. The second-order valence-corrected chi connectivity index (χ2v) is 5.29. The van der Waals surface area contributed by atoms with E-state index in [1.54, 1.807) is 0 Å². The molecule has 1 fully saturated rings. The van der Waals surface area contributed by atoms with Gasteiger partial charge in [-0.25, -0.2) is 4.39 Å². The SMILES string of the molecule is CC(=O)Nc1cc(NC(=O)CNC2CCCC2)ccc1F. The number of halogens is 1. The summed E-state index contributed by atoms with van der Waals surface area (Å²) in [5, 5.41) is 8.27. The van der Waals surface area contributed by atoms with E-state index in [2.05, 4.69) is 16.0 Å². The van der Waals surface area contributed by atoms with Gasteiger partial charge >= 0.3 is 0 Å². The predicted octanol–water partition coefficient (Wildman–Crippen LogP) is 2.25. The largest absolute Gasteiger partial charge is 0.325 e. The van der Waals surface area contributed by atoms with Crippen LogP contribution in [-0.2, 0) is 9.59 Å². The van der Waals surface area contributed by atoms with E-state index in [4.69, 9.17) is 0 Å². The lowest BCUT2D eigenvalue weighted by atomic mass is 10.2. The standard InChI is InChI=1S/C15H20FN3O2/c1-10(20)18-14-8-12(6-7-13(14)16)19-15(21)9-17-11-4-2-3-5-11/h6-8,11,17H,2-5,9H2,1H3,(H,18,20)(H,19,21). The Bertz CT molecular complexity index is 528. The molecule has 1 aromatic carbocycles. The van der Waals surface area contributed by atoms with Gasteiger partial charge in [0.05, 0.1) is 12.2 Å². The molecule has 0 saturated heterocycles. The highest BCUT2D eigenvalue weighted by Gasteiger charge is 2.15. The van der Waals surface area contributed by atoms with Crippen molar-refractivity contribution < 1.29 is 14.0 Å². The zero-order chi connectivity index (χ0) is 15.2. The Hall–Kier alpha value is -1.95. The Labute approximate surface area is 123 Å². The fourth-order valence-electron chi connectivity index (χ4n) is 2.46. The van der Waals surface area contributed by atoms with Crippen molar-refractivity contribution in [2.75, 3.05) is 17.2 Å². The molecule has 1 aromatic rings. The Morgan fingerprint density at radius 3 is 2.62 bits per heavy atom. The zero-order valence-corrected chi connectivity index (χ0v) is 12.0. The van der Waals surface area contributed by atoms with E-state index in [1.807, 2.05) is 0 Å². The normalized spacial score (nSPS) is 15.0. The highest BCUT2D eigenvalue weighted by atomic mass is 19.1. The second kappa shape index (κ2) is 7.17. The summed E-state index contributed by atoms with van der Waals surface area (Å²) in [6.07, 6.45) is 4.63. The van der Waals surface area contributed by atoms with Crippen LogP contribution in [0.25, 0.3) is 0 Å². The quantitative estimate of drug-likeness (QED) is 0.780. The number of carbonyl (C=O) groups excluding carboxylic acids is 2. The molecule has 1 aliphatic rings. The van der Waals surface area contributed by atoms with Gasteiger partial charge in [0, 0.05) is 18.7 Å². The molecule has 1 aliphatic carbocycles. The van der Waals surface area contributed by atoms with Crippen molar-refractivity contribution >= 4 is 23.2 Å². The van der Waals surface area contributed by atoms with E-state index < -0.39 is 5.82 Å². The molecule has 21 heavy (non-hydrogen) atoms. The van der Waals surface area contributed by atoms with Crippen molar-refractivity contribution in [2.45, 2.75) is 38.6 Å². The van der Waals surface area contributed by atoms with E-state index >= 15 is 0 Å². The molecule has 1 saturated carbocycles. The summed E-state index contributed by atoms with van der Waals surface area (Å²) in [6, 6.07) is 4.50. The van der Waals surface area contributed by atoms with Gasteiger partial charge in [-0.15, -0.1) is 0 Å². The van der Waals surface area contributed by atoms with Crippen molar-refractivity contribution in [1.29, 1.82) is 0 Å². The maximum Gasteiger partial charge on any atom is 0.238 e. The molecule has 114 valence electrons. The average Bonchev–Trinajstić information content (AvgIpc) is 2.93. The molecular formula is C15H20FN3O2. The van der Waals surface area contributed by atoms with Crippen molar-refractivity contribution in [2.24, 2.45) is 0 Å². The summed E-state index contributed by atoms with van der Waals surface area (Å²) < 4.78 is 13.5. The van der Waals surface area contributed by atoms with Gasteiger partial charge < -0.3 is 16.0 Å². The first kappa shape index (κ1) is 15.4. The maximum absolute atomic E-state index is 13.5. The smallest absolute Gasteiger partial charge is 0.238 e. The molecule has 0 heterocycles. The van der Waals surface area contributed by atoms with Gasteiger partial charge in [-0.2, -0.15) is 0 Å². The molecule has 0 bridgehead atoms. The third-order valence-corrected chi connectivity index (χ3v) is 3.47. The lowest BCUT2D eigenvalue weighted by molar-refractivity contribution is -0.115. The highest BCUT2D eigenvalue weighted by Crippen LogP contribution is 2.20. The first-order valence-corrected chi connectivity index (χ1v) is 7.15. The average molecular weight is 293 g/mol. The minimum atomic E-state index is -0.535. The number of anilines is 2. The topological polar surface area (TPSA) is 70.2 Å². The summed E-state index contributed by atoms with van der Waals surface area (Å²) in [6.45, 7) is 1.54. The third kappa shape index (κ3) is 4.82. The second-order valence-electron chi connectivity index (χ2n) is 5.29. The Kier molecular flexibility index (Phi) is 5.27. The summed E-state index contributed by atoms with van der Waals surface area (Å²) in [5.41, 5.74) is 0.516. The van der Waals surface area contributed by atoms with Crippen molar-refractivity contribution in [3.63, 3.8) is 0 Å². The van der Waals surface area contributed by atoms with E-state index in [0.717, 1.165) is 12.8 Å². The molecule has 2 rings (SSSR count). The van der Waals surface area contributed by atoms with Crippen LogP contribution >= 0.6 is 0 Å². The molecule has 3 N–H and O–H groups in total. The zero-order valence-electron chi connectivity index (χ0n) is 12.0. The fourth-order valence-corrected chi connectivity index (χ4v) is 2.46. The number of hydrogen-bond acceptors (Lipinski definition) is 3. The van der Waals surface area contributed by atoms with Gasteiger partial charge in [0.2, 0.25) is 11.8 Å². The number of carbonyl (C=O) groups is 2. The van der Waals surface area contributed by atoms with Crippen molar-refractivity contribution in [3.8, 4) is 0 Å². The van der Waals surface area contributed by atoms with E-state index in [-0.39, 0.29) is 24.0 Å². The van der Waals surface area contributed by atoms with Gasteiger partial charge in [0.25, 0.3) is 0 Å². The molecular weight excluding hydrogens is 273 g/mol. The number of benzene rings is 1. The highest BCUT2D eigenvalue weighted by molar-refractivity contribution is 5.94. The predicted molar refractivity (Wildman–Crippen MR) is 79.6 cm³/mol. The van der Waals surface area contributed by atoms with Crippen LogP contribution in [0.2, 0.25) is 0 Å². The van der Waals surface area contributed by atoms with Crippen LogP contribution in [0.3, 0.4) is 0 Å².